The van der Waals surface area contributed by atoms with Crippen molar-refractivity contribution in [3.05, 3.63) is 78.1 Å². The van der Waals surface area contributed by atoms with Crippen molar-refractivity contribution in [3.63, 3.8) is 0 Å². The number of nitrogens with one attached hydrogen (secondary N) is 1. The molecular weight excluding hydrogens is 392 g/mol. The van der Waals surface area contributed by atoms with Gasteiger partial charge >= 0.3 is 0 Å². The highest BCUT2D eigenvalue weighted by atomic mass is 16.5. The number of aromatic nitrogens is 2. The maximum absolute atomic E-state index is 13.3. The smallest absolute Gasteiger partial charge is 0.259 e. The molecule has 4 rings (SSSR count). The van der Waals surface area contributed by atoms with Gasteiger partial charge in [-0.3, -0.25) is 9.59 Å². The number of benzene rings is 1. The molecule has 2 aromatic heterocycles. The maximum atomic E-state index is 13.3. The molecule has 0 saturated carbocycles. The van der Waals surface area contributed by atoms with Crippen LogP contribution in [0, 0.1) is 12.8 Å². The highest BCUT2D eigenvalue weighted by Crippen LogP contribution is 2.26. The quantitative estimate of drug-likeness (QED) is 0.678. The first-order chi connectivity index (χ1) is 15.1. The van der Waals surface area contributed by atoms with Crippen LogP contribution >= 0.6 is 0 Å². The van der Waals surface area contributed by atoms with Crippen LogP contribution in [0.15, 0.2) is 67.0 Å². The lowest BCUT2D eigenvalue weighted by Gasteiger charge is -2.32. The number of hydrogen-bond acceptors (Lipinski definition) is 5. The number of carbonyl (C=O) groups excluding carboxylic acids is 2. The van der Waals surface area contributed by atoms with E-state index in [-0.39, 0.29) is 23.6 Å². The van der Waals surface area contributed by atoms with Crippen molar-refractivity contribution < 1.29 is 14.3 Å². The van der Waals surface area contributed by atoms with Crippen LogP contribution in [0.2, 0.25) is 0 Å². The van der Waals surface area contributed by atoms with Crippen molar-refractivity contribution in [2.45, 2.75) is 19.8 Å². The minimum Gasteiger partial charge on any atom is -0.438 e. The summed E-state index contributed by atoms with van der Waals surface area (Å²) in [4.78, 5) is 36.2. The molecule has 1 aliphatic rings. The molecule has 1 unspecified atom stereocenters. The third kappa shape index (κ3) is 4.88. The topological polar surface area (TPSA) is 84.4 Å². The maximum Gasteiger partial charge on any atom is 0.259 e. The molecule has 0 spiro atoms. The van der Waals surface area contributed by atoms with Gasteiger partial charge in [0.05, 0.1) is 5.92 Å². The Morgan fingerprint density at radius 1 is 1.03 bits per heavy atom. The Bertz CT molecular complexity index is 1070. The SMILES string of the molecule is Cc1cccnc1NC(=O)C1CCCN(C(=O)c2cccnc2Oc2ccccc2)C1. The molecule has 158 valence electrons. The summed E-state index contributed by atoms with van der Waals surface area (Å²) in [6.07, 6.45) is 4.72. The predicted octanol–water partition coefficient (Wildman–Crippen LogP) is 4.07. The van der Waals surface area contributed by atoms with E-state index < -0.39 is 0 Å². The highest BCUT2D eigenvalue weighted by Gasteiger charge is 2.30. The molecule has 7 nitrogen and oxygen atoms in total. The van der Waals surface area contributed by atoms with Gasteiger partial charge in [-0.05, 0) is 55.7 Å². The van der Waals surface area contributed by atoms with Gasteiger partial charge in [-0.15, -0.1) is 0 Å². The van der Waals surface area contributed by atoms with Gasteiger partial charge < -0.3 is 15.0 Å². The lowest BCUT2D eigenvalue weighted by atomic mass is 9.96. The fourth-order valence-electron chi connectivity index (χ4n) is 3.62. The third-order valence-corrected chi connectivity index (χ3v) is 5.29. The number of carbonyl (C=O) groups is 2. The summed E-state index contributed by atoms with van der Waals surface area (Å²) < 4.78 is 5.84. The summed E-state index contributed by atoms with van der Waals surface area (Å²) in [6, 6.07) is 16.4. The van der Waals surface area contributed by atoms with E-state index in [2.05, 4.69) is 15.3 Å². The summed E-state index contributed by atoms with van der Waals surface area (Å²) >= 11 is 0. The van der Waals surface area contributed by atoms with E-state index in [1.807, 2.05) is 49.4 Å². The van der Waals surface area contributed by atoms with Crippen LogP contribution in [0.5, 0.6) is 11.6 Å². The minimum absolute atomic E-state index is 0.119. The summed E-state index contributed by atoms with van der Waals surface area (Å²) in [6.45, 7) is 2.83. The third-order valence-electron chi connectivity index (χ3n) is 5.29. The molecular formula is C24H24N4O3. The van der Waals surface area contributed by atoms with Crippen molar-refractivity contribution in [3.8, 4) is 11.6 Å². The summed E-state index contributed by atoms with van der Waals surface area (Å²) in [5.41, 5.74) is 1.28. The molecule has 0 aliphatic carbocycles. The first kappa shape index (κ1) is 20.5. The number of anilines is 1. The Hall–Kier alpha value is -3.74. The molecule has 3 aromatic rings. The average molecular weight is 416 g/mol. The molecule has 1 fully saturated rings. The van der Waals surface area contributed by atoms with Gasteiger partial charge in [0.2, 0.25) is 11.8 Å². The number of pyridine rings is 2. The monoisotopic (exact) mass is 416 g/mol. The van der Waals surface area contributed by atoms with Gasteiger partial charge in [-0.25, -0.2) is 9.97 Å². The van der Waals surface area contributed by atoms with E-state index >= 15 is 0 Å². The molecule has 1 saturated heterocycles. The van der Waals surface area contributed by atoms with E-state index in [1.165, 1.54) is 0 Å². The largest absolute Gasteiger partial charge is 0.438 e. The summed E-state index contributed by atoms with van der Waals surface area (Å²) in [5.74, 6) is 0.819. The molecule has 3 heterocycles. The molecule has 1 aromatic carbocycles. The Kier molecular flexibility index (Phi) is 6.21. The average Bonchev–Trinajstić information content (AvgIpc) is 2.81. The number of likely N-dealkylation sites (tertiary alicyclic amines) is 1. The second-order valence-corrected chi connectivity index (χ2v) is 7.52. The highest BCUT2D eigenvalue weighted by molar-refractivity contribution is 5.97. The fraction of sp³-hybridized carbons (Fsp3) is 0.250. The number of ether oxygens (including phenoxy) is 1. The Labute approximate surface area is 181 Å². The first-order valence-electron chi connectivity index (χ1n) is 10.3. The van der Waals surface area contributed by atoms with Crippen LogP contribution in [0.1, 0.15) is 28.8 Å². The molecule has 1 atom stereocenters. The fourth-order valence-corrected chi connectivity index (χ4v) is 3.62. The van der Waals surface area contributed by atoms with E-state index in [4.69, 9.17) is 4.74 Å². The first-order valence-corrected chi connectivity index (χ1v) is 10.3. The number of rotatable bonds is 5. The van der Waals surface area contributed by atoms with Crippen LogP contribution in [0.25, 0.3) is 0 Å². The standard InChI is InChI=1S/C24H24N4O3/c1-17-8-5-13-25-21(17)27-22(29)18-9-7-15-28(16-18)24(30)20-12-6-14-26-23(20)31-19-10-3-2-4-11-19/h2-6,8,10-14,18H,7,9,15-16H2,1H3,(H,25,27,29). The lowest BCUT2D eigenvalue weighted by Crippen LogP contribution is -2.44. The Balaban J connectivity index is 1.47. The van der Waals surface area contributed by atoms with Gasteiger partial charge in [0.1, 0.15) is 17.1 Å². The second-order valence-electron chi connectivity index (χ2n) is 7.52. The summed E-state index contributed by atoms with van der Waals surface area (Å²) in [7, 11) is 0. The molecule has 0 bridgehead atoms. The van der Waals surface area contributed by atoms with Crippen LogP contribution in [0.4, 0.5) is 5.82 Å². The van der Waals surface area contributed by atoms with Gasteiger partial charge in [-0.1, -0.05) is 24.3 Å². The van der Waals surface area contributed by atoms with Crippen molar-refractivity contribution in [2.24, 2.45) is 5.92 Å². The van der Waals surface area contributed by atoms with Crippen molar-refractivity contribution >= 4 is 17.6 Å². The molecule has 7 heteroatoms. The van der Waals surface area contributed by atoms with Crippen molar-refractivity contribution in [2.75, 3.05) is 18.4 Å². The van der Waals surface area contributed by atoms with Crippen LogP contribution in [-0.4, -0.2) is 39.8 Å². The van der Waals surface area contributed by atoms with Crippen molar-refractivity contribution in [1.82, 2.24) is 14.9 Å². The van der Waals surface area contributed by atoms with E-state index in [1.54, 1.807) is 29.4 Å². The molecule has 1 aliphatic heterocycles. The number of para-hydroxylation sites is 1. The van der Waals surface area contributed by atoms with Gasteiger partial charge in [-0.2, -0.15) is 0 Å². The van der Waals surface area contributed by atoms with Gasteiger partial charge in [0.15, 0.2) is 0 Å². The number of nitrogens with zero attached hydrogens (tertiary/aromatic N) is 3. The number of hydrogen-bond donors (Lipinski definition) is 1. The van der Waals surface area contributed by atoms with E-state index in [9.17, 15) is 9.59 Å². The lowest BCUT2D eigenvalue weighted by molar-refractivity contribution is -0.121. The zero-order valence-electron chi connectivity index (χ0n) is 17.3. The zero-order chi connectivity index (χ0) is 21.6. The molecule has 0 radical (unpaired) electrons. The number of amides is 2. The van der Waals surface area contributed by atoms with Crippen LogP contribution in [0.3, 0.4) is 0 Å². The minimum atomic E-state index is -0.297. The number of aryl methyl sites for hydroxylation is 1. The molecule has 1 N–H and O–H groups in total. The Morgan fingerprint density at radius 2 is 1.81 bits per heavy atom. The van der Waals surface area contributed by atoms with E-state index in [0.717, 1.165) is 18.4 Å². The normalized spacial score (nSPS) is 15.9. The van der Waals surface area contributed by atoms with Gasteiger partial charge in [0.25, 0.3) is 5.91 Å². The van der Waals surface area contributed by atoms with Crippen LogP contribution < -0.4 is 10.1 Å². The zero-order valence-corrected chi connectivity index (χ0v) is 17.3. The second kappa shape index (κ2) is 9.38. The molecule has 31 heavy (non-hydrogen) atoms. The Morgan fingerprint density at radius 3 is 2.61 bits per heavy atom. The van der Waals surface area contributed by atoms with Crippen LogP contribution in [-0.2, 0) is 4.79 Å². The predicted molar refractivity (Wildman–Crippen MR) is 117 cm³/mol. The van der Waals surface area contributed by atoms with Crippen molar-refractivity contribution in [1.29, 1.82) is 0 Å². The number of piperidine rings is 1. The molecule has 2 amide bonds. The van der Waals surface area contributed by atoms with Gasteiger partial charge in [0, 0.05) is 25.5 Å². The summed E-state index contributed by atoms with van der Waals surface area (Å²) in [5, 5.41) is 2.90. The van der Waals surface area contributed by atoms with E-state index in [0.29, 0.717) is 30.2 Å².